The van der Waals surface area contributed by atoms with Gasteiger partial charge in [-0.05, 0) is 23.8 Å². The number of hydrogen-bond acceptors (Lipinski definition) is 3. The highest BCUT2D eigenvalue weighted by atomic mass is 19.1. The number of nitrogens with zero attached hydrogens (tertiary/aromatic N) is 3. The second-order valence-corrected chi connectivity index (χ2v) is 6.24. The molecule has 0 fully saturated rings. The summed E-state index contributed by atoms with van der Waals surface area (Å²) in [5.74, 6) is -0.824. The van der Waals surface area contributed by atoms with Gasteiger partial charge in [0.2, 0.25) is 5.95 Å². The van der Waals surface area contributed by atoms with Crippen molar-refractivity contribution in [2.24, 2.45) is 0 Å². The van der Waals surface area contributed by atoms with E-state index in [0.717, 1.165) is 5.56 Å². The molecule has 138 valence electrons. The number of carbonyl (C=O) groups excluding carboxylic acids is 1. The van der Waals surface area contributed by atoms with Gasteiger partial charge in [0.25, 0.3) is 5.91 Å². The molecular weight excluding hydrogens is 355 g/mol. The Morgan fingerprint density at radius 3 is 2.29 bits per heavy atom. The maximum atomic E-state index is 15.0. The zero-order chi connectivity index (χ0) is 19.3. The summed E-state index contributed by atoms with van der Waals surface area (Å²) >= 11 is 0. The van der Waals surface area contributed by atoms with Gasteiger partial charge in [-0.2, -0.15) is 4.39 Å². The molecule has 0 bridgehead atoms. The fraction of sp³-hybridized carbons (Fsp3) is 0.0455. The molecule has 0 unspecified atom stereocenters. The maximum Gasteiger partial charge on any atom is 0.255 e. The topological polar surface area (TPSA) is 59.8 Å². The number of amides is 1. The Morgan fingerprint density at radius 2 is 1.54 bits per heavy atom. The van der Waals surface area contributed by atoms with Gasteiger partial charge < -0.3 is 5.32 Å². The number of nitrogens with one attached hydrogen (secondary N) is 1. The van der Waals surface area contributed by atoms with E-state index >= 15 is 0 Å². The van der Waals surface area contributed by atoms with E-state index in [4.69, 9.17) is 0 Å². The first-order valence-corrected chi connectivity index (χ1v) is 8.81. The summed E-state index contributed by atoms with van der Waals surface area (Å²) < 4.78 is 16.2. The first-order valence-electron chi connectivity index (χ1n) is 8.81. The molecule has 28 heavy (non-hydrogen) atoms. The van der Waals surface area contributed by atoms with Crippen LogP contribution in [0.2, 0.25) is 0 Å². The van der Waals surface area contributed by atoms with Gasteiger partial charge >= 0.3 is 0 Å². The number of aromatic nitrogens is 3. The van der Waals surface area contributed by atoms with Crippen LogP contribution in [0, 0.1) is 5.95 Å². The van der Waals surface area contributed by atoms with E-state index in [9.17, 15) is 9.18 Å². The second kappa shape index (κ2) is 7.84. The molecule has 1 aromatic heterocycles. The molecule has 3 aromatic carbocycles. The third-order valence-electron chi connectivity index (χ3n) is 4.32. The van der Waals surface area contributed by atoms with Gasteiger partial charge in [0.05, 0.1) is 12.2 Å². The molecule has 6 heteroatoms. The van der Waals surface area contributed by atoms with Gasteiger partial charge in [-0.1, -0.05) is 71.9 Å². The van der Waals surface area contributed by atoms with Gasteiger partial charge in [-0.3, -0.25) is 4.79 Å². The van der Waals surface area contributed by atoms with Crippen molar-refractivity contribution >= 4 is 11.6 Å². The van der Waals surface area contributed by atoms with Crippen molar-refractivity contribution < 1.29 is 9.18 Å². The first kappa shape index (κ1) is 17.6. The fourth-order valence-corrected chi connectivity index (χ4v) is 2.91. The number of benzene rings is 3. The number of para-hydroxylation sites is 1. The zero-order valence-electron chi connectivity index (χ0n) is 14.9. The minimum Gasteiger partial charge on any atom is -0.321 e. The van der Waals surface area contributed by atoms with Crippen molar-refractivity contribution in [1.29, 1.82) is 0 Å². The first-order chi connectivity index (χ1) is 13.7. The van der Waals surface area contributed by atoms with E-state index in [1.807, 2.05) is 36.4 Å². The zero-order valence-corrected chi connectivity index (χ0v) is 14.9. The number of rotatable bonds is 5. The lowest BCUT2D eigenvalue weighted by Gasteiger charge is -2.09. The highest BCUT2D eigenvalue weighted by Gasteiger charge is 2.18. The van der Waals surface area contributed by atoms with Crippen LogP contribution >= 0.6 is 0 Å². The Balaban J connectivity index is 1.63. The van der Waals surface area contributed by atoms with Crippen molar-refractivity contribution in [1.82, 2.24) is 15.0 Å². The molecule has 0 saturated carbocycles. The van der Waals surface area contributed by atoms with Gasteiger partial charge in [-0.15, -0.1) is 5.10 Å². The Morgan fingerprint density at radius 1 is 0.893 bits per heavy atom. The highest BCUT2D eigenvalue weighted by Crippen LogP contribution is 2.28. The third-order valence-corrected chi connectivity index (χ3v) is 4.32. The summed E-state index contributed by atoms with van der Waals surface area (Å²) in [5, 5.41) is 10.8. The molecule has 4 aromatic rings. The maximum absolute atomic E-state index is 15.0. The van der Waals surface area contributed by atoms with Crippen LogP contribution in [-0.4, -0.2) is 20.9 Å². The largest absolute Gasteiger partial charge is 0.321 e. The van der Waals surface area contributed by atoms with Gasteiger partial charge in [0.1, 0.15) is 0 Å². The van der Waals surface area contributed by atoms with Crippen LogP contribution in [0.15, 0.2) is 84.9 Å². The standard InChI is InChI=1S/C22H17FN4O/c23-21-20(25-26-27(21)15-16-9-3-1-4-10-16)18-13-7-8-14-19(18)24-22(28)17-11-5-2-6-12-17/h1-14H,15H2,(H,24,28). The van der Waals surface area contributed by atoms with Crippen LogP contribution < -0.4 is 5.32 Å². The normalized spacial score (nSPS) is 10.6. The van der Waals surface area contributed by atoms with E-state index in [1.165, 1.54) is 4.68 Å². The molecule has 0 radical (unpaired) electrons. The van der Waals surface area contributed by atoms with E-state index in [0.29, 0.717) is 16.8 Å². The molecule has 1 amide bonds. The average molecular weight is 372 g/mol. The van der Waals surface area contributed by atoms with Gasteiger partial charge in [0.15, 0.2) is 5.69 Å². The molecule has 0 spiro atoms. The van der Waals surface area contributed by atoms with Crippen LogP contribution in [0.25, 0.3) is 11.3 Å². The number of hydrogen-bond donors (Lipinski definition) is 1. The number of carbonyl (C=O) groups is 1. The Kier molecular flexibility index (Phi) is 4.93. The third kappa shape index (κ3) is 3.66. The van der Waals surface area contributed by atoms with Crippen molar-refractivity contribution in [2.75, 3.05) is 5.32 Å². The predicted molar refractivity (Wildman–Crippen MR) is 105 cm³/mol. The number of anilines is 1. The lowest BCUT2D eigenvalue weighted by Crippen LogP contribution is -2.12. The monoisotopic (exact) mass is 372 g/mol. The summed E-state index contributed by atoms with van der Waals surface area (Å²) in [6.07, 6.45) is 0. The second-order valence-electron chi connectivity index (χ2n) is 6.24. The van der Waals surface area contributed by atoms with Crippen LogP contribution in [0.1, 0.15) is 15.9 Å². The van der Waals surface area contributed by atoms with Crippen molar-refractivity contribution in [3.05, 3.63) is 102 Å². The summed E-state index contributed by atoms with van der Waals surface area (Å²) in [7, 11) is 0. The van der Waals surface area contributed by atoms with E-state index in [-0.39, 0.29) is 18.1 Å². The Labute approximate surface area is 161 Å². The molecular formula is C22H17FN4O. The predicted octanol–water partition coefficient (Wildman–Crippen LogP) is 4.38. The lowest BCUT2D eigenvalue weighted by molar-refractivity contribution is 0.102. The van der Waals surface area contributed by atoms with E-state index in [2.05, 4.69) is 15.6 Å². The van der Waals surface area contributed by atoms with Crippen molar-refractivity contribution in [3.8, 4) is 11.3 Å². The molecule has 0 aliphatic carbocycles. The average Bonchev–Trinajstić information content (AvgIpc) is 3.10. The summed E-state index contributed by atoms with van der Waals surface area (Å²) in [6.45, 7) is 0.276. The Bertz CT molecular complexity index is 1090. The van der Waals surface area contributed by atoms with Crippen LogP contribution in [-0.2, 0) is 6.54 Å². The molecule has 1 N–H and O–H groups in total. The fourth-order valence-electron chi connectivity index (χ4n) is 2.91. The quantitative estimate of drug-likeness (QED) is 0.565. The van der Waals surface area contributed by atoms with Gasteiger partial charge in [-0.25, -0.2) is 4.68 Å². The summed E-state index contributed by atoms with van der Waals surface area (Å²) in [6, 6.07) is 25.3. The number of halogens is 1. The van der Waals surface area contributed by atoms with Crippen molar-refractivity contribution in [3.63, 3.8) is 0 Å². The van der Waals surface area contributed by atoms with Crippen molar-refractivity contribution in [2.45, 2.75) is 6.54 Å². The molecule has 0 aliphatic heterocycles. The minimum atomic E-state index is -0.551. The van der Waals surface area contributed by atoms with E-state index < -0.39 is 5.95 Å². The molecule has 0 atom stereocenters. The molecule has 1 heterocycles. The molecule has 0 saturated heterocycles. The van der Waals surface area contributed by atoms with E-state index in [1.54, 1.807) is 48.5 Å². The lowest BCUT2D eigenvalue weighted by atomic mass is 10.1. The molecule has 0 aliphatic rings. The highest BCUT2D eigenvalue weighted by molar-refractivity contribution is 6.06. The minimum absolute atomic E-state index is 0.0971. The molecule has 4 rings (SSSR count). The van der Waals surface area contributed by atoms with Crippen LogP contribution in [0.5, 0.6) is 0 Å². The Hall–Kier alpha value is -3.80. The van der Waals surface area contributed by atoms with Crippen LogP contribution in [0.3, 0.4) is 0 Å². The smallest absolute Gasteiger partial charge is 0.255 e. The summed E-state index contributed by atoms with van der Waals surface area (Å²) in [5.41, 5.74) is 2.49. The summed E-state index contributed by atoms with van der Waals surface area (Å²) in [4.78, 5) is 12.5. The van der Waals surface area contributed by atoms with Gasteiger partial charge in [0, 0.05) is 11.1 Å². The molecule has 5 nitrogen and oxygen atoms in total. The van der Waals surface area contributed by atoms with Crippen LogP contribution in [0.4, 0.5) is 10.1 Å². The SMILES string of the molecule is O=C(Nc1ccccc1-c1nnn(Cc2ccccc2)c1F)c1ccccc1.